The highest BCUT2D eigenvalue weighted by atomic mass is 16.7. The van der Waals surface area contributed by atoms with Crippen LogP contribution in [-0.4, -0.2) is 56.1 Å². The average molecular weight is 260 g/mol. The van der Waals surface area contributed by atoms with Crippen molar-refractivity contribution in [1.29, 1.82) is 0 Å². The third kappa shape index (κ3) is 4.87. The highest BCUT2D eigenvalue weighted by Crippen LogP contribution is 2.29. The Kier molecular flexibility index (Phi) is 6.83. The lowest BCUT2D eigenvalue weighted by Gasteiger charge is -2.47. The molecular weight excluding hydrogens is 224 g/mol. The van der Waals surface area contributed by atoms with E-state index < -0.39 is 0 Å². The fraction of sp³-hybridized carbons (Fsp3) is 1.00. The van der Waals surface area contributed by atoms with Crippen LogP contribution in [0.5, 0.6) is 0 Å². The van der Waals surface area contributed by atoms with Gasteiger partial charge in [0.05, 0.1) is 34.7 Å². The molecule has 0 bridgehead atoms. The van der Waals surface area contributed by atoms with E-state index in [-0.39, 0.29) is 5.72 Å². The highest BCUT2D eigenvalue weighted by molar-refractivity contribution is 4.59. The van der Waals surface area contributed by atoms with E-state index in [0.29, 0.717) is 4.65 Å². The van der Waals surface area contributed by atoms with E-state index in [0.717, 1.165) is 23.9 Å². The van der Waals surface area contributed by atoms with Crippen molar-refractivity contribution in [2.24, 2.45) is 0 Å². The van der Waals surface area contributed by atoms with Crippen LogP contribution in [0.3, 0.4) is 0 Å². The molecule has 3 heteroatoms. The third-order valence-corrected chi connectivity index (χ3v) is 4.21. The van der Waals surface area contributed by atoms with E-state index in [1.807, 2.05) is 0 Å². The summed E-state index contributed by atoms with van der Waals surface area (Å²) in [5.41, 5.74) is -0.117. The summed E-state index contributed by atoms with van der Waals surface area (Å²) in [6.07, 6.45) is 4.69. The van der Waals surface area contributed by atoms with Gasteiger partial charge in [0.15, 0.2) is 0 Å². The predicted octanol–water partition coefficient (Wildman–Crippen LogP) is 3.41. The maximum Gasteiger partial charge on any atom is 0.250 e. The molecule has 3 nitrogen and oxygen atoms in total. The van der Waals surface area contributed by atoms with Gasteiger partial charge in [-0.3, -0.25) is 4.48 Å². The molecule has 0 aromatic rings. The summed E-state index contributed by atoms with van der Waals surface area (Å²) in [7, 11) is 8.92. The van der Waals surface area contributed by atoms with Crippen LogP contribution >= 0.6 is 0 Å². The summed E-state index contributed by atoms with van der Waals surface area (Å²) in [4.78, 5) is 6.49. The summed E-state index contributed by atoms with van der Waals surface area (Å²) in [5.74, 6) is 0. The monoisotopic (exact) mass is 260 g/mol. The van der Waals surface area contributed by atoms with Crippen molar-refractivity contribution in [2.75, 3.05) is 41.3 Å². The molecular formula is C15H36N2O+2. The first-order chi connectivity index (χ1) is 8.14. The smallest absolute Gasteiger partial charge is 0.250 e. The number of unbranched alkanes of at least 4 members (excludes halogenated alkanes) is 1. The fourth-order valence-corrected chi connectivity index (χ4v) is 2.51. The van der Waals surface area contributed by atoms with Gasteiger partial charge in [0.2, 0.25) is 0 Å². The first-order valence-corrected chi connectivity index (χ1v) is 7.51. The van der Waals surface area contributed by atoms with Gasteiger partial charge in [-0.1, -0.05) is 27.2 Å². The summed E-state index contributed by atoms with van der Waals surface area (Å²) < 4.78 is 1.58. The molecule has 0 fully saturated rings. The van der Waals surface area contributed by atoms with Gasteiger partial charge in [0, 0.05) is 13.3 Å². The Hall–Kier alpha value is -0.120. The van der Waals surface area contributed by atoms with Crippen molar-refractivity contribution < 1.29 is 14.0 Å². The van der Waals surface area contributed by atoms with Crippen LogP contribution in [0.4, 0.5) is 0 Å². The Balaban J connectivity index is 4.88. The molecule has 0 spiro atoms. The molecule has 1 unspecified atom stereocenters. The lowest BCUT2D eigenvalue weighted by atomic mass is 10.1. The molecule has 0 saturated carbocycles. The zero-order chi connectivity index (χ0) is 14.4. The summed E-state index contributed by atoms with van der Waals surface area (Å²) in [6, 6.07) is 0. The molecule has 1 atom stereocenters. The first kappa shape index (κ1) is 17.9. The van der Waals surface area contributed by atoms with Gasteiger partial charge in [-0.2, -0.15) is 4.65 Å². The van der Waals surface area contributed by atoms with Crippen molar-refractivity contribution in [3.8, 4) is 0 Å². The van der Waals surface area contributed by atoms with Crippen LogP contribution < -0.4 is 0 Å². The lowest BCUT2D eigenvalue weighted by Crippen LogP contribution is -2.64. The Morgan fingerprint density at radius 2 is 1.44 bits per heavy atom. The molecule has 0 saturated heterocycles. The quantitative estimate of drug-likeness (QED) is 0.351. The van der Waals surface area contributed by atoms with E-state index in [1.165, 1.54) is 19.4 Å². The van der Waals surface area contributed by atoms with Crippen LogP contribution in [0.15, 0.2) is 0 Å². The van der Waals surface area contributed by atoms with Crippen molar-refractivity contribution in [1.82, 2.24) is 0 Å². The van der Waals surface area contributed by atoms with Crippen LogP contribution in [0, 0.1) is 0 Å². The minimum Gasteiger partial charge on any atom is -0.297 e. The van der Waals surface area contributed by atoms with Gasteiger partial charge in [0.25, 0.3) is 5.72 Å². The number of nitrogens with zero attached hydrogens (tertiary/aromatic N) is 2. The Bertz CT molecular complexity index is 239. The van der Waals surface area contributed by atoms with Gasteiger partial charge in [-0.05, 0) is 12.8 Å². The van der Waals surface area contributed by atoms with Crippen molar-refractivity contribution in [2.45, 2.75) is 59.1 Å². The van der Waals surface area contributed by atoms with E-state index in [2.05, 4.69) is 55.9 Å². The van der Waals surface area contributed by atoms with Crippen LogP contribution in [0.2, 0.25) is 0 Å². The largest absolute Gasteiger partial charge is 0.297 e. The topological polar surface area (TPSA) is 9.23 Å². The number of quaternary nitrogens is 2. The van der Waals surface area contributed by atoms with Crippen molar-refractivity contribution in [3.63, 3.8) is 0 Å². The van der Waals surface area contributed by atoms with Crippen molar-refractivity contribution in [3.05, 3.63) is 0 Å². The zero-order valence-electron chi connectivity index (χ0n) is 14.0. The minimum absolute atomic E-state index is 0.117. The number of hydroxylamine groups is 3. The average Bonchev–Trinajstić information content (AvgIpc) is 2.25. The van der Waals surface area contributed by atoms with Gasteiger partial charge in [-0.25, -0.2) is 0 Å². The number of rotatable bonds is 9. The molecule has 18 heavy (non-hydrogen) atoms. The minimum atomic E-state index is -0.117. The SMILES string of the molecule is CCCC[N+](C)(C)C(C)(CC)O[N+](C)(C)CCC. The van der Waals surface area contributed by atoms with Crippen LogP contribution in [0.25, 0.3) is 0 Å². The molecule has 0 aliphatic heterocycles. The van der Waals surface area contributed by atoms with Crippen LogP contribution in [0.1, 0.15) is 53.4 Å². The highest BCUT2D eigenvalue weighted by Gasteiger charge is 2.46. The lowest BCUT2D eigenvalue weighted by molar-refractivity contribution is -1.14. The predicted molar refractivity (Wildman–Crippen MR) is 78.9 cm³/mol. The van der Waals surface area contributed by atoms with Gasteiger partial charge in [0.1, 0.15) is 6.54 Å². The number of hydrogen-bond donors (Lipinski definition) is 0. The maximum atomic E-state index is 6.49. The molecule has 0 amide bonds. The zero-order valence-corrected chi connectivity index (χ0v) is 14.0. The molecule has 0 aliphatic carbocycles. The molecule has 0 aromatic carbocycles. The second-order valence-electron chi connectivity index (χ2n) is 6.68. The standard InChI is InChI=1S/C15H36N2O/c1-9-12-14-16(5,6)15(4,11-3)18-17(7,8)13-10-2/h9-14H2,1-8H3/q+2. The second-order valence-corrected chi connectivity index (χ2v) is 6.68. The molecule has 0 N–H and O–H groups in total. The summed E-state index contributed by atoms with van der Waals surface area (Å²) >= 11 is 0. The summed E-state index contributed by atoms with van der Waals surface area (Å²) in [5, 5.41) is 0. The van der Waals surface area contributed by atoms with Crippen LogP contribution in [-0.2, 0) is 4.84 Å². The molecule has 0 aliphatic rings. The first-order valence-electron chi connectivity index (χ1n) is 7.51. The van der Waals surface area contributed by atoms with Gasteiger partial charge >= 0.3 is 0 Å². The van der Waals surface area contributed by atoms with E-state index >= 15 is 0 Å². The maximum absolute atomic E-state index is 6.49. The Morgan fingerprint density at radius 1 is 0.889 bits per heavy atom. The van der Waals surface area contributed by atoms with Gasteiger partial charge < -0.3 is 0 Å². The Morgan fingerprint density at radius 3 is 1.83 bits per heavy atom. The summed E-state index contributed by atoms with van der Waals surface area (Å²) in [6.45, 7) is 11.2. The molecule has 0 aromatic heterocycles. The van der Waals surface area contributed by atoms with E-state index in [9.17, 15) is 0 Å². The van der Waals surface area contributed by atoms with E-state index in [1.54, 1.807) is 0 Å². The molecule has 0 heterocycles. The van der Waals surface area contributed by atoms with E-state index in [4.69, 9.17) is 4.84 Å². The molecule has 110 valence electrons. The number of hydrogen-bond acceptors (Lipinski definition) is 1. The van der Waals surface area contributed by atoms with Crippen molar-refractivity contribution >= 4 is 0 Å². The second kappa shape index (κ2) is 6.88. The Labute approximate surface area is 115 Å². The van der Waals surface area contributed by atoms with Gasteiger partial charge in [-0.15, -0.1) is 4.84 Å². The molecule has 0 radical (unpaired) electrons. The molecule has 0 rings (SSSR count). The fourth-order valence-electron chi connectivity index (χ4n) is 2.51. The third-order valence-electron chi connectivity index (χ3n) is 4.21. The normalized spacial score (nSPS) is 16.7.